The Morgan fingerprint density at radius 1 is 1.56 bits per heavy atom. The summed E-state index contributed by atoms with van der Waals surface area (Å²) in [5.74, 6) is 1.45. The van der Waals surface area contributed by atoms with Gasteiger partial charge in [0.1, 0.15) is 0 Å². The summed E-state index contributed by atoms with van der Waals surface area (Å²) >= 11 is 2.99. The largest absolute Gasteiger partial charge is 0.410 e. The standard InChI is InChI=1S/C17H23N3O3S2/c1-10-4-5-13-12(6-10)7-14(25-13)16-19-20-17(23-16)24-9-15(21)18-11(2)8-22-3/h7,10-11H,4-6,8-9H2,1-3H3,(H,18,21). The Hall–Kier alpha value is -1.38. The van der Waals surface area contributed by atoms with Gasteiger partial charge in [-0.05, 0) is 43.7 Å². The van der Waals surface area contributed by atoms with E-state index in [1.807, 2.05) is 6.92 Å². The van der Waals surface area contributed by atoms with Crippen LogP contribution in [0.5, 0.6) is 0 Å². The molecule has 1 aliphatic rings. The monoisotopic (exact) mass is 381 g/mol. The molecule has 2 unspecified atom stereocenters. The Labute approximate surface area is 155 Å². The highest BCUT2D eigenvalue weighted by Gasteiger charge is 2.21. The second-order valence-electron chi connectivity index (χ2n) is 6.49. The maximum Gasteiger partial charge on any atom is 0.277 e. The number of fused-ring (bicyclic) bond motifs is 1. The number of aryl methyl sites for hydroxylation is 1. The quantitative estimate of drug-likeness (QED) is 0.743. The normalized spacial score (nSPS) is 18.0. The van der Waals surface area contributed by atoms with Crippen LogP contribution in [-0.2, 0) is 22.4 Å². The first-order valence-electron chi connectivity index (χ1n) is 8.41. The lowest BCUT2D eigenvalue weighted by atomic mass is 9.90. The highest BCUT2D eigenvalue weighted by atomic mass is 32.2. The van der Waals surface area contributed by atoms with Gasteiger partial charge in [-0.3, -0.25) is 4.79 Å². The molecule has 1 aliphatic carbocycles. The zero-order valence-corrected chi connectivity index (χ0v) is 16.3. The third-order valence-electron chi connectivity index (χ3n) is 4.10. The lowest BCUT2D eigenvalue weighted by Crippen LogP contribution is -2.36. The molecule has 1 N–H and O–H groups in total. The summed E-state index contributed by atoms with van der Waals surface area (Å²) in [6.07, 6.45) is 3.51. The summed E-state index contributed by atoms with van der Waals surface area (Å²) in [7, 11) is 1.61. The minimum atomic E-state index is -0.0742. The smallest absolute Gasteiger partial charge is 0.277 e. The van der Waals surface area contributed by atoms with E-state index < -0.39 is 0 Å². The van der Waals surface area contributed by atoms with Crippen molar-refractivity contribution >= 4 is 29.0 Å². The number of amides is 1. The van der Waals surface area contributed by atoms with Crippen LogP contribution in [0.1, 0.15) is 30.7 Å². The number of rotatable bonds is 7. The van der Waals surface area contributed by atoms with E-state index in [4.69, 9.17) is 9.15 Å². The maximum atomic E-state index is 11.9. The van der Waals surface area contributed by atoms with Crippen LogP contribution in [0, 0.1) is 5.92 Å². The van der Waals surface area contributed by atoms with E-state index in [9.17, 15) is 4.79 Å². The SMILES string of the molecule is COCC(C)NC(=O)CSc1nnc(-c2cc3c(s2)CCC(C)C3)o1. The zero-order valence-electron chi connectivity index (χ0n) is 14.7. The molecule has 0 bridgehead atoms. The van der Waals surface area contributed by atoms with Gasteiger partial charge in [0.2, 0.25) is 5.91 Å². The summed E-state index contributed by atoms with van der Waals surface area (Å²) in [5, 5.41) is 11.5. The molecule has 0 saturated heterocycles. The van der Waals surface area contributed by atoms with E-state index in [0.29, 0.717) is 17.7 Å². The zero-order chi connectivity index (χ0) is 17.8. The molecule has 136 valence electrons. The highest BCUT2D eigenvalue weighted by molar-refractivity contribution is 7.99. The Balaban J connectivity index is 1.57. The molecule has 6 nitrogen and oxygen atoms in total. The Morgan fingerprint density at radius 3 is 3.20 bits per heavy atom. The molecule has 0 saturated carbocycles. The molecule has 3 rings (SSSR count). The summed E-state index contributed by atoms with van der Waals surface area (Å²) in [6.45, 7) is 4.68. The summed E-state index contributed by atoms with van der Waals surface area (Å²) in [6, 6.07) is 2.16. The molecule has 0 fully saturated rings. The van der Waals surface area contributed by atoms with Crippen molar-refractivity contribution < 1.29 is 13.9 Å². The van der Waals surface area contributed by atoms with Crippen LogP contribution < -0.4 is 5.32 Å². The number of aromatic nitrogens is 2. The lowest BCUT2D eigenvalue weighted by molar-refractivity contribution is -0.119. The molecule has 0 radical (unpaired) electrons. The molecule has 25 heavy (non-hydrogen) atoms. The van der Waals surface area contributed by atoms with Gasteiger partial charge in [0, 0.05) is 18.0 Å². The van der Waals surface area contributed by atoms with E-state index in [0.717, 1.165) is 23.6 Å². The van der Waals surface area contributed by atoms with E-state index in [1.165, 1.54) is 28.6 Å². The first-order chi connectivity index (χ1) is 12.0. The number of hydrogen-bond acceptors (Lipinski definition) is 7. The number of carbonyl (C=O) groups is 1. The van der Waals surface area contributed by atoms with E-state index in [2.05, 4.69) is 28.5 Å². The van der Waals surface area contributed by atoms with E-state index in [1.54, 1.807) is 18.4 Å². The van der Waals surface area contributed by atoms with Crippen LogP contribution in [0.15, 0.2) is 15.7 Å². The van der Waals surface area contributed by atoms with Gasteiger partial charge in [0.05, 0.1) is 17.2 Å². The summed E-state index contributed by atoms with van der Waals surface area (Å²) < 4.78 is 10.7. The molecule has 2 aromatic heterocycles. The molecular formula is C17H23N3O3S2. The van der Waals surface area contributed by atoms with Crippen LogP contribution in [0.3, 0.4) is 0 Å². The fraction of sp³-hybridized carbons (Fsp3) is 0.588. The van der Waals surface area contributed by atoms with Crippen LogP contribution >= 0.6 is 23.1 Å². The first-order valence-corrected chi connectivity index (χ1v) is 10.2. The van der Waals surface area contributed by atoms with Crippen molar-refractivity contribution in [2.24, 2.45) is 5.92 Å². The Kier molecular flexibility index (Phi) is 6.14. The number of nitrogens with one attached hydrogen (secondary N) is 1. The lowest BCUT2D eigenvalue weighted by Gasteiger charge is -2.16. The number of ether oxygens (including phenoxy) is 1. The van der Waals surface area contributed by atoms with Gasteiger partial charge in [-0.2, -0.15) is 0 Å². The van der Waals surface area contributed by atoms with Crippen LogP contribution in [0.2, 0.25) is 0 Å². The second kappa shape index (κ2) is 8.33. The molecule has 2 atom stereocenters. The van der Waals surface area contributed by atoms with Gasteiger partial charge < -0.3 is 14.5 Å². The van der Waals surface area contributed by atoms with Gasteiger partial charge in [0.15, 0.2) is 0 Å². The van der Waals surface area contributed by atoms with Crippen molar-refractivity contribution in [3.8, 4) is 10.8 Å². The number of nitrogens with zero attached hydrogens (tertiary/aromatic N) is 2. The molecule has 2 aromatic rings. The van der Waals surface area contributed by atoms with Crippen molar-refractivity contribution in [1.29, 1.82) is 0 Å². The van der Waals surface area contributed by atoms with Gasteiger partial charge in [0.25, 0.3) is 11.1 Å². The average molecular weight is 382 g/mol. The maximum absolute atomic E-state index is 11.9. The van der Waals surface area contributed by atoms with Gasteiger partial charge >= 0.3 is 0 Å². The van der Waals surface area contributed by atoms with Crippen LogP contribution in [0.25, 0.3) is 10.8 Å². The van der Waals surface area contributed by atoms with Gasteiger partial charge in [-0.1, -0.05) is 18.7 Å². The molecule has 8 heteroatoms. The van der Waals surface area contributed by atoms with Crippen molar-refractivity contribution in [2.45, 2.75) is 44.4 Å². The highest BCUT2D eigenvalue weighted by Crippen LogP contribution is 2.37. The molecule has 0 spiro atoms. The van der Waals surface area contributed by atoms with E-state index in [-0.39, 0.29) is 17.7 Å². The van der Waals surface area contributed by atoms with Crippen LogP contribution in [0.4, 0.5) is 0 Å². The van der Waals surface area contributed by atoms with E-state index >= 15 is 0 Å². The van der Waals surface area contributed by atoms with Crippen molar-refractivity contribution in [3.05, 3.63) is 16.5 Å². The van der Waals surface area contributed by atoms with Gasteiger partial charge in [-0.25, -0.2) is 0 Å². The first kappa shape index (κ1) is 18.4. The number of thiophene rings is 1. The number of carbonyl (C=O) groups excluding carboxylic acids is 1. The van der Waals surface area contributed by atoms with Crippen LogP contribution in [-0.4, -0.2) is 41.6 Å². The molecular weight excluding hydrogens is 358 g/mol. The topological polar surface area (TPSA) is 77.2 Å². The van der Waals surface area contributed by atoms with Gasteiger partial charge in [-0.15, -0.1) is 21.5 Å². The van der Waals surface area contributed by atoms with Crippen molar-refractivity contribution in [1.82, 2.24) is 15.5 Å². The number of hydrogen-bond donors (Lipinski definition) is 1. The third kappa shape index (κ3) is 4.83. The molecule has 1 amide bonds. The number of thioether (sulfide) groups is 1. The molecule has 2 heterocycles. The summed E-state index contributed by atoms with van der Waals surface area (Å²) in [4.78, 5) is 14.3. The molecule has 0 aliphatic heterocycles. The molecule has 0 aromatic carbocycles. The fourth-order valence-corrected chi connectivity index (χ4v) is 4.62. The minimum Gasteiger partial charge on any atom is -0.410 e. The fourth-order valence-electron chi connectivity index (χ4n) is 2.91. The Bertz CT molecular complexity index is 729. The second-order valence-corrected chi connectivity index (χ2v) is 8.56. The average Bonchev–Trinajstić information content (AvgIpc) is 3.19. The van der Waals surface area contributed by atoms with Crippen molar-refractivity contribution in [3.63, 3.8) is 0 Å². The number of methoxy groups -OCH3 is 1. The summed E-state index contributed by atoms with van der Waals surface area (Å²) in [5.41, 5.74) is 1.41. The van der Waals surface area contributed by atoms with Crippen molar-refractivity contribution in [2.75, 3.05) is 19.5 Å². The third-order valence-corrected chi connectivity index (χ3v) is 6.14. The minimum absolute atomic E-state index is 0.0174. The predicted octanol–water partition coefficient (Wildman–Crippen LogP) is 3.17. The Morgan fingerprint density at radius 2 is 2.40 bits per heavy atom. The predicted molar refractivity (Wildman–Crippen MR) is 99.0 cm³/mol.